The van der Waals surface area contributed by atoms with E-state index in [-0.39, 0.29) is 19.1 Å². The van der Waals surface area contributed by atoms with E-state index in [0.717, 1.165) is 24.5 Å². The Kier molecular flexibility index (Phi) is 3.83. The Bertz CT molecular complexity index is 657. The van der Waals surface area contributed by atoms with E-state index in [2.05, 4.69) is 27.3 Å². The number of anilines is 2. The zero-order valence-corrected chi connectivity index (χ0v) is 11.6. The molecule has 0 bridgehead atoms. The van der Waals surface area contributed by atoms with Crippen LogP contribution in [0, 0.1) is 0 Å². The topological polar surface area (TPSA) is 65.5 Å². The van der Waals surface area contributed by atoms with Crippen molar-refractivity contribution in [3.8, 4) is 0 Å². The number of aromatic nitrogens is 1. The van der Waals surface area contributed by atoms with Crippen LogP contribution in [0.1, 0.15) is 16.1 Å². The van der Waals surface area contributed by atoms with Crippen molar-refractivity contribution in [2.45, 2.75) is 6.42 Å². The lowest BCUT2D eigenvalue weighted by Gasteiger charge is -2.18. The molecule has 0 spiro atoms. The van der Waals surface area contributed by atoms with Gasteiger partial charge in [-0.2, -0.15) is 0 Å². The monoisotopic (exact) mass is 283 g/mol. The van der Waals surface area contributed by atoms with Gasteiger partial charge in [-0.15, -0.1) is 0 Å². The molecule has 0 atom stereocenters. The van der Waals surface area contributed by atoms with Gasteiger partial charge in [0.05, 0.1) is 6.61 Å². The molecule has 2 heterocycles. The lowest BCUT2D eigenvalue weighted by molar-refractivity contribution is 0.0940. The van der Waals surface area contributed by atoms with Gasteiger partial charge >= 0.3 is 0 Å². The van der Waals surface area contributed by atoms with E-state index in [1.54, 1.807) is 6.07 Å². The summed E-state index contributed by atoms with van der Waals surface area (Å²) in [6.07, 6.45) is 0.985. The van der Waals surface area contributed by atoms with E-state index in [1.165, 1.54) is 5.56 Å². The first kappa shape index (κ1) is 13.6. The van der Waals surface area contributed by atoms with Crippen LogP contribution < -0.4 is 10.2 Å². The summed E-state index contributed by atoms with van der Waals surface area (Å²) in [7, 11) is 0. The molecule has 0 radical (unpaired) electrons. The summed E-state index contributed by atoms with van der Waals surface area (Å²) in [4.78, 5) is 18.5. The van der Waals surface area contributed by atoms with Gasteiger partial charge in [0.25, 0.3) is 5.91 Å². The summed E-state index contributed by atoms with van der Waals surface area (Å²) in [6.45, 7) is 1.02. The lowest BCUT2D eigenvalue weighted by atomic mass is 10.2. The summed E-state index contributed by atoms with van der Waals surface area (Å²) in [5.74, 6) is 0.509. The zero-order chi connectivity index (χ0) is 14.7. The van der Waals surface area contributed by atoms with Gasteiger partial charge in [0.15, 0.2) is 0 Å². The molecule has 3 rings (SSSR count). The van der Waals surface area contributed by atoms with Crippen molar-refractivity contribution < 1.29 is 9.90 Å². The van der Waals surface area contributed by atoms with Crippen molar-refractivity contribution >= 4 is 17.4 Å². The van der Waals surface area contributed by atoms with Crippen LogP contribution in [0.4, 0.5) is 11.5 Å². The molecule has 0 saturated heterocycles. The predicted molar refractivity (Wildman–Crippen MR) is 80.8 cm³/mol. The summed E-state index contributed by atoms with van der Waals surface area (Å²) in [5.41, 5.74) is 2.82. The average Bonchev–Trinajstić information content (AvgIpc) is 2.97. The van der Waals surface area contributed by atoms with Gasteiger partial charge in [-0.1, -0.05) is 24.3 Å². The molecular weight excluding hydrogens is 266 g/mol. The van der Waals surface area contributed by atoms with Crippen molar-refractivity contribution in [2.24, 2.45) is 0 Å². The van der Waals surface area contributed by atoms with Gasteiger partial charge in [-0.05, 0) is 30.2 Å². The number of rotatable bonds is 4. The smallest absolute Gasteiger partial charge is 0.270 e. The quantitative estimate of drug-likeness (QED) is 0.892. The highest BCUT2D eigenvalue weighted by molar-refractivity contribution is 5.92. The molecule has 108 valence electrons. The fraction of sp³-hybridized carbons (Fsp3) is 0.250. The Morgan fingerprint density at radius 3 is 2.95 bits per heavy atom. The van der Waals surface area contributed by atoms with Gasteiger partial charge in [0.2, 0.25) is 0 Å². The second kappa shape index (κ2) is 5.93. The maximum absolute atomic E-state index is 11.9. The maximum atomic E-state index is 11.9. The lowest BCUT2D eigenvalue weighted by Crippen LogP contribution is -2.27. The number of nitrogens with one attached hydrogen (secondary N) is 1. The van der Waals surface area contributed by atoms with Crippen LogP contribution in [0.25, 0.3) is 0 Å². The highest BCUT2D eigenvalue weighted by Gasteiger charge is 2.21. The Hall–Kier alpha value is -2.40. The first-order chi connectivity index (χ1) is 10.3. The summed E-state index contributed by atoms with van der Waals surface area (Å²) in [6, 6.07) is 13.7. The second-order valence-corrected chi connectivity index (χ2v) is 4.89. The molecule has 1 aliphatic rings. The van der Waals surface area contributed by atoms with Gasteiger partial charge in [0, 0.05) is 18.8 Å². The number of benzene rings is 1. The van der Waals surface area contributed by atoms with E-state index in [0.29, 0.717) is 5.69 Å². The molecule has 1 aromatic heterocycles. The minimum atomic E-state index is -0.265. The number of nitrogens with zero attached hydrogens (tertiary/aromatic N) is 2. The van der Waals surface area contributed by atoms with Crippen LogP contribution in [-0.4, -0.2) is 35.7 Å². The molecule has 1 aromatic carbocycles. The molecule has 0 fully saturated rings. The molecule has 0 unspecified atom stereocenters. The Morgan fingerprint density at radius 1 is 1.24 bits per heavy atom. The third-order valence-corrected chi connectivity index (χ3v) is 3.53. The minimum Gasteiger partial charge on any atom is -0.395 e. The molecule has 5 nitrogen and oxygen atoms in total. The van der Waals surface area contributed by atoms with E-state index in [1.807, 2.05) is 24.3 Å². The Balaban J connectivity index is 1.86. The van der Waals surface area contributed by atoms with Gasteiger partial charge in [0.1, 0.15) is 11.5 Å². The summed E-state index contributed by atoms with van der Waals surface area (Å²) in [5, 5.41) is 11.4. The molecule has 0 saturated carbocycles. The van der Waals surface area contributed by atoms with Crippen LogP contribution in [0.2, 0.25) is 0 Å². The van der Waals surface area contributed by atoms with Gasteiger partial charge < -0.3 is 15.3 Å². The van der Waals surface area contributed by atoms with Crippen LogP contribution in [0.3, 0.4) is 0 Å². The number of aliphatic hydroxyl groups is 1. The molecule has 2 N–H and O–H groups in total. The van der Waals surface area contributed by atoms with E-state index in [4.69, 9.17) is 5.11 Å². The van der Waals surface area contributed by atoms with Crippen molar-refractivity contribution in [1.29, 1.82) is 0 Å². The number of aliphatic hydroxyl groups excluding tert-OH is 1. The predicted octanol–water partition coefficient (Wildman–Crippen LogP) is 1.50. The Labute approximate surface area is 123 Å². The number of hydrogen-bond acceptors (Lipinski definition) is 4. The summed E-state index contributed by atoms with van der Waals surface area (Å²) >= 11 is 0. The van der Waals surface area contributed by atoms with Crippen LogP contribution in [0.5, 0.6) is 0 Å². The Morgan fingerprint density at radius 2 is 2.10 bits per heavy atom. The van der Waals surface area contributed by atoms with Crippen molar-refractivity contribution in [3.63, 3.8) is 0 Å². The van der Waals surface area contributed by atoms with Crippen LogP contribution >= 0.6 is 0 Å². The molecular formula is C16H17N3O2. The third-order valence-electron chi connectivity index (χ3n) is 3.53. The highest BCUT2D eigenvalue weighted by atomic mass is 16.3. The SMILES string of the molecule is O=C(NCCO)c1cccc(N2CCc3ccccc32)n1. The number of pyridine rings is 1. The standard InChI is InChI=1S/C16H17N3O2/c20-11-9-17-16(21)13-5-3-7-15(18-13)19-10-8-12-4-1-2-6-14(12)19/h1-7,20H,8-11H2,(H,17,21). The van der Waals surface area contributed by atoms with Crippen LogP contribution in [-0.2, 0) is 6.42 Å². The fourth-order valence-corrected chi connectivity index (χ4v) is 2.54. The number of amides is 1. The molecule has 1 amide bonds. The average molecular weight is 283 g/mol. The molecule has 0 aliphatic carbocycles. The number of hydrogen-bond donors (Lipinski definition) is 2. The molecule has 2 aromatic rings. The van der Waals surface area contributed by atoms with Crippen molar-refractivity contribution in [3.05, 3.63) is 53.7 Å². The molecule has 5 heteroatoms. The largest absolute Gasteiger partial charge is 0.395 e. The summed E-state index contributed by atoms with van der Waals surface area (Å²) < 4.78 is 0. The van der Waals surface area contributed by atoms with Gasteiger partial charge in [-0.25, -0.2) is 4.98 Å². The third kappa shape index (κ3) is 2.73. The highest BCUT2D eigenvalue weighted by Crippen LogP contribution is 2.32. The first-order valence-corrected chi connectivity index (χ1v) is 7.01. The van der Waals surface area contributed by atoms with E-state index < -0.39 is 0 Å². The number of carbonyl (C=O) groups excluding carboxylic acids is 1. The molecule has 1 aliphatic heterocycles. The minimum absolute atomic E-state index is 0.0784. The number of para-hydroxylation sites is 1. The molecule has 21 heavy (non-hydrogen) atoms. The normalized spacial score (nSPS) is 13.1. The first-order valence-electron chi connectivity index (χ1n) is 7.01. The van der Waals surface area contributed by atoms with Crippen molar-refractivity contribution in [2.75, 3.05) is 24.6 Å². The second-order valence-electron chi connectivity index (χ2n) is 4.89. The van der Waals surface area contributed by atoms with E-state index >= 15 is 0 Å². The number of carbonyl (C=O) groups is 1. The number of fused-ring (bicyclic) bond motifs is 1. The zero-order valence-electron chi connectivity index (χ0n) is 11.6. The van der Waals surface area contributed by atoms with Crippen molar-refractivity contribution in [1.82, 2.24) is 10.3 Å². The fourth-order valence-electron chi connectivity index (χ4n) is 2.54. The maximum Gasteiger partial charge on any atom is 0.270 e. The van der Waals surface area contributed by atoms with Crippen LogP contribution in [0.15, 0.2) is 42.5 Å². The van der Waals surface area contributed by atoms with E-state index in [9.17, 15) is 4.79 Å². The van der Waals surface area contributed by atoms with Gasteiger partial charge in [-0.3, -0.25) is 4.79 Å².